The number of aromatic nitrogens is 3. The number of hydrogen-bond acceptors (Lipinski definition) is 2. The molecule has 0 amide bonds. The summed E-state index contributed by atoms with van der Waals surface area (Å²) in [5.74, 6) is 1.43. The Morgan fingerprint density at radius 2 is 2.07 bits per heavy atom. The third-order valence-corrected chi connectivity index (χ3v) is 2.28. The van der Waals surface area contributed by atoms with Crippen molar-refractivity contribution in [2.24, 2.45) is 0 Å². The van der Waals surface area contributed by atoms with Crippen LogP contribution in [-0.2, 0) is 0 Å². The molecular formula is C10H10ClN3. The van der Waals surface area contributed by atoms with E-state index in [1.807, 2.05) is 32.0 Å². The molecule has 0 spiro atoms. The molecule has 1 aromatic carbocycles. The lowest BCUT2D eigenvalue weighted by molar-refractivity contribution is 1.04. The van der Waals surface area contributed by atoms with Crippen molar-refractivity contribution in [1.82, 2.24) is 15.2 Å². The molecule has 14 heavy (non-hydrogen) atoms. The maximum Gasteiger partial charge on any atom is 0.182 e. The molecule has 0 saturated carbocycles. The highest BCUT2D eigenvalue weighted by atomic mass is 35.5. The highest BCUT2D eigenvalue weighted by molar-refractivity contribution is 6.33. The van der Waals surface area contributed by atoms with Crippen molar-refractivity contribution in [2.45, 2.75) is 13.8 Å². The largest absolute Gasteiger partial charge is 0.263 e. The molecule has 0 atom stereocenters. The number of halogens is 1. The van der Waals surface area contributed by atoms with E-state index >= 15 is 0 Å². The molecule has 72 valence electrons. The van der Waals surface area contributed by atoms with Crippen LogP contribution in [-0.4, -0.2) is 15.2 Å². The average Bonchev–Trinajstić information content (AvgIpc) is 2.51. The molecule has 1 aromatic heterocycles. The summed E-state index contributed by atoms with van der Waals surface area (Å²) in [6.45, 7) is 3.86. The SMILES string of the molecule is Cc1ccc(-c2n[nH]c(C)n2)c(Cl)c1. The Morgan fingerprint density at radius 1 is 1.29 bits per heavy atom. The third-order valence-electron chi connectivity index (χ3n) is 1.96. The fraction of sp³-hybridized carbons (Fsp3) is 0.200. The first-order chi connectivity index (χ1) is 6.66. The first-order valence-corrected chi connectivity index (χ1v) is 4.70. The van der Waals surface area contributed by atoms with Gasteiger partial charge in [0.05, 0.1) is 5.02 Å². The maximum atomic E-state index is 6.08. The average molecular weight is 208 g/mol. The van der Waals surface area contributed by atoms with Gasteiger partial charge >= 0.3 is 0 Å². The van der Waals surface area contributed by atoms with E-state index in [9.17, 15) is 0 Å². The van der Waals surface area contributed by atoms with E-state index in [1.165, 1.54) is 0 Å². The summed E-state index contributed by atoms with van der Waals surface area (Å²) >= 11 is 6.08. The van der Waals surface area contributed by atoms with Crippen molar-refractivity contribution in [2.75, 3.05) is 0 Å². The standard InChI is InChI=1S/C10H10ClN3/c1-6-3-4-8(9(11)5-6)10-12-7(2)13-14-10/h3-5H,1-2H3,(H,12,13,14). The molecule has 2 aromatic rings. The van der Waals surface area contributed by atoms with E-state index in [4.69, 9.17) is 11.6 Å². The minimum atomic E-state index is 0.646. The van der Waals surface area contributed by atoms with Crippen molar-refractivity contribution in [1.29, 1.82) is 0 Å². The van der Waals surface area contributed by atoms with Crippen LogP contribution in [0.15, 0.2) is 18.2 Å². The third kappa shape index (κ3) is 1.63. The number of hydrogen-bond donors (Lipinski definition) is 1. The van der Waals surface area contributed by atoms with E-state index in [1.54, 1.807) is 0 Å². The summed E-state index contributed by atoms with van der Waals surface area (Å²) in [4.78, 5) is 4.22. The Labute approximate surface area is 87.1 Å². The predicted molar refractivity (Wildman–Crippen MR) is 56.3 cm³/mol. The first kappa shape index (κ1) is 9.21. The summed E-state index contributed by atoms with van der Waals surface area (Å²) in [6, 6.07) is 5.83. The lowest BCUT2D eigenvalue weighted by atomic mass is 10.1. The van der Waals surface area contributed by atoms with Crippen molar-refractivity contribution >= 4 is 11.6 Å². The zero-order valence-electron chi connectivity index (χ0n) is 8.00. The van der Waals surface area contributed by atoms with Gasteiger partial charge in [0.25, 0.3) is 0 Å². The number of aromatic amines is 1. The zero-order valence-corrected chi connectivity index (χ0v) is 8.76. The zero-order chi connectivity index (χ0) is 10.1. The van der Waals surface area contributed by atoms with E-state index in [2.05, 4.69) is 15.2 Å². The number of nitrogens with one attached hydrogen (secondary N) is 1. The molecule has 0 fully saturated rings. The van der Waals surface area contributed by atoms with E-state index in [0.29, 0.717) is 10.8 Å². The summed E-state index contributed by atoms with van der Waals surface area (Å²) in [5, 5.41) is 7.53. The molecule has 0 unspecified atom stereocenters. The second kappa shape index (κ2) is 3.42. The van der Waals surface area contributed by atoms with Gasteiger partial charge in [-0.1, -0.05) is 17.7 Å². The normalized spacial score (nSPS) is 10.5. The molecule has 4 heteroatoms. The van der Waals surface area contributed by atoms with Crippen LogP contribution >= 0.6 is 11.6 Å². The van der Waals surface area contributed by atoms with Gasteiger partial charge in [-0.05, 0) is 31.5 Å². The molecule has 1 heterocycles. The maximum absolute atomic E-state index is 6.08. The van der Waals surface area contributed by atoms with E-state index in [0.717, 1.165) is 17.0 Å². The van der Waals surface area contributed by atoms with Crippen LogP contribution in [0.3, 0.4) is 0 Å². The number of H-pyrrole nitrogens is 1. The molecule has 1 N–H and O–H groups in total. The lowest BCUT2D eigenvalue weighted by Crippen LogP contribution is -1.83. The van der Waals surface area contributed by atoms with Crippen LogP contribution in [0.1, 0.15) is 11.4 Å². The minimum Gasteiger partial charge on any atom is -0.263 e. The van der Waals surface area contributed by atoms with Crippen LogP contribution in [0.25, 0.3) is 11.4 Å². The van der Waals surface area contributed by atoms with Gasteiger partial charge in [-0.25, -0.2) is 4.98 Å². The van der Waals surface area contributed by atoms with E-state index < -0.39 is 0 Å². The Kier molecular flexibility index (Phi) is 2.25. The molecule has 0 radical (unpaired) electrons. The predicted octanol–water partition coefficient (Wildman–Crippen LogP) is 2.74. The summed E-state index contributed by atoms with van der Waals surface area (Å²) in [5.41, 5.74) is 1.99. The number of benzene rings is 1. The van der Waals surface area contributed by atoms with E-state index in [-0.39, 0.29) is 0 Å². The first-order valence-electron chi connectivity index (χ1n) is 4.32. The van der Waals surface area contributed by atoms with Gasteiger partial charge in [-0.3, -0.25) is 5.10 Å². The van der Waals surface area contributed by atoms with Crippen LogP contribution in [0.5, 0.6) is 0 Å². The molecule has 3 nitrogen and oxygen atoms in total. The Bertz CT molecular complexity index is 462. The second-order valence-corrected chi connectivity index (χ2v) is 3.63. The van der Waals surface area contributed by atoms with Gasteiger partial charge in [0.1, 0.15) is 5.82 Å². The van der Waals surface area contributed by atoms with Gasteiger partial charge < -0.3 is 0 Å². The van der Waals surface area contributed by atoms with Crippen LogP contribution < -0.4 is 0 Å². The van der Waals surface area contributed by atoms with Crippen LogP contribution in [0.4, 0.5) is 0 Å². The van der Waals surface area contributed by atoms with Gasteiger partial charge in [0.15, 0.2) is 5.82 Å². The Morgan fingerprint density at radius 3 is 2.64 bits per heavy atom. The quantitative estimate of drug-likeness (QED) is 0.781. The molecule has 0 aliphatic heterocycles. The second-order valence-electron chi connectivity index (χ2n) is 3.23. The summed E-state index contributed by atoms with van der Waals surface area (Å²) in [7, 11) is 0. The molecule has 0 bridgehead atoms. The number of nitrogens with zero attached hydrogens (tertiary/aromatic N) is 2. The van der Waals surface area contributed by atoms with Gasteiger partial charge in [-0.15, -0.1) is 0 Å². The number of rotatable bonds is 1. The van der Waals surface area contributed by atoms with Crippen LogP contribution in [0, 0.1) is 13.8 Å². The van der Waals surface area contributed by atoms with Gasteiger partial charge in [0, 0.05) is 5.56 Å². The highest BCUT2D eigenvalue weighted by Crippen LogP contribution is 2.25. The van der Waals surface area contributed by atoms with Gasteiger partial charge in [0.2, 0.25) is 0 Å². The molecular weight excluding hydrogens is 198 g/mol. The fourth-order valence-electron chi connectivity index (χ4n) is 1.26. The lowest BCUT2D eigenvalue weighted by Gasteiger charge is -1.99. The molecule has 2 rings (SSSR count). The monoisotopic (exact) mass is 207 g/mol. The Balaban J connectivity index is 2.52. The molecule has 0 aliphatic carbocycles. The topological polar surface area (TPSA) is 41.6 Å². The Hall–Kier alpha value is -1.35. The van der Waals surface area contributed by atoms with Gasteiger partial charge in [-0.2, -0.15) is 5.10 Å². The summed E-state index contributed by atoms with van der Waals surface area (Å²) < 4.78 is 0. The van der Waals surface area contributed by atoms with Crippen molar-refractivity contribution < 1.29 is 0 Å². The molecule has 0 saturated heterocycles. The van der Waals surface area contributed by atoms with Crippen LogP contribution in [0.2, 0.25) is 5.02 Å². The minimum absolute atomic E-state index is 0.646. The van der Waals surface area contributed by atoms with Crippen molar-refractivity contribution in [3.8, 4) is 11.4 Å². The summed E-state index contributed by atoms with van der Waals surface area (Å²) in [6.07, 6.45) is 0. The fourth-order valence-corrected chi connectivity index (χ4v) is 1.58. The smallest absolute Gasteiger partial charge is 0.182 e. The number of aryl methyl sites for hydroxylation is 2. The van der Waals surface area contributed by atoms with Crippen molar-refractivity contribution in [3.63, 3.8) is 0 Å². The van der Waals surface area contributed by atoms with Crippen molar-refractivity contribution in [3.05, 3.63) is 34.6 Å². The molecule has 0 aliphatic rings. The highest BCUT2D eigenvalue weighted by Gasteiger charge is 2.07.